The first-order valence-corrected chi connectivity index (χ1v) is 14.9. The summed E-state index contributed by atoms with van der Waals surface area (Å²) in [6.07, 6.45) is 11.7. The minimum absolute atomic E-state index is 0.169. The van der Waals surface area contributed by atoms with Crippen LogP contribution in [0.1, 0.15) is 101 Å². The highest BCUT2D eigenvalue weighted by molar-refractivity contribution is 5.89. The lowest BCUT2D eigenvalue weighted by molar-refractivity contribution is -0.167. The number of aliphatic hydroxyl groups is 2. The Bertz CT molecular complexity index is 928. The summed E-state index contributed by atoms with van der Waals surface area (Å²) in [7, 11) is 0. The van der Waals surface area contributed by atoms with Crippen molar-refractivity contribution in [3.63, 3.8) is 0 Å². The summed E-state index contributed by atoms with van der Waals surface area (Å²) in [6.45, 7) is 7.22. The van der Waals surface area contributed by atoms with Crippen molar-refractivity contribution in [2.24, 2.45) is 52.8 Å². The third kappa shape index (κ3) is 4.45. The Morgan fingerprint density at radius 3 is 2.58 bits per heavy atom. The predicted molar refractivity (Wildman–Crippen MR) is 143 cm³/mol. The molecule has 0 amide bonds. The van der Waals surface area contributed by atoms with Crippen molar-refractivity contribution < 1.29 is 20.1 Å². The van der Waals surface area contributed by atoms with Gasteiger partial charge in [0.05, 0.1) is 17.8 Å². The van der Waals surface area contributed by atoms with E-state index in [0.29, 0.717) is 58.3 Å². The van der Waals surface area contributed by atoms with Gasteiger partial charge in [-0.3, -0.25) is 0 Å². The first kappa shape index (κ1) is 26.2. The van der Waals surface area contributed by atoms with E-state index < -0.39 is 5.97 Å². The summed E-state index contributed by atoms with van der Waals surface area (Å²) in [5, 5.41) is 31.7. The van der Waals surface area contributed by atoms with Crippen LogP contribution in [0.15, 0.2) is 24.3 Å². The highest BCUT2D eigenvalue weighted by Gasteiger charge is 2.61. The Morgan fingerprint density at radius 1 is 1.06 bits per heavy atom. The molecule has 0 spiro atoms. The summed E-state index contributed by atoms with van der Waals surface area (Å²) in [4.78, 5) is 11.6. The van der Waals surface area contributed by atoms with Crippen LogP contribution in [0, 0.1) is 52.8 Å². The van der Waals surface area contributed by atoms with Crippen molar-refractivity contribution in [3.05, 3.63) is 35.4 Å². The topological polar surface area (TPSA) is 77.8 Å². The van der Waals surface area contributed by atoms with Crippen molar-refractivity contribution in [2.75, 3.05) is 0 Å². The third-order valence-electron chi connectivity index (χ3n) is 11.8. The van der Waals surface area contributed by atoms with E-state index in [1.165, 1.54) is 25.7 Å². The number of benzene rings is 1. The molecule has 4 saturated carbocycles. The van der Waals surface area contributed by atoms with E-state index in [1.807, 2.05) is 18.2 Å². The molecule has 36 heavy (non-hydrogen) atoms. The van der Waals surface area contributed by atoms with Crippen LogP contribution in [-0.4, -0.2) is 33.5 Å². The Kier molecular flexibility index (Phi) is 7.58. The van der Waals surface area contributed by atoms with Gasteiger partial charge in [0.2, 0.25) is 0 Å². The van der Waals surface area contributed by atoms with Crippen LogP contribution in [0.2, 0.25) is 0 Å². The highest BCUT2D eigenvalue weighted by Crippen LogP contribution is 2.66. The fourth-order valence-electron chi connectivity index (χ4n) is 10.3. The fraction of sp³-hybridized carbons (Fsp3) is 0.781. The normalized spacial score (nSPS) is 42.8. The van der Waals surface area contributed by atoms with Crippen LogP contribution in [0.3, 0.4) is 0 Å². The molecule has 3 N–H and O–H groups in total. The quantitative estimate of drug-likeness (QED) is 0.398. The molecule has 3 unspecified atom stereocenters. The molecule has 4 nitrogen and oxygen atoms in total. The van der Waals surface area contributed by atoms with Gasteiger partial charge >= 0.3 is 5.97 Å². The smallest absolute Gasteiger partial charge is 0.335 e. The highest BCUT2D eigenvalue weighted by atomic mass is 16.4. The number of carbonyl (C=O) groups is 1. The zero-order chi connectivity index (χ0) is 25.6. The average Bonchev–Trinajstić information content (AvgIpc) is 3.21. The number of aliphatic hydroxyl groups excluding tert-OH is 2. The van der Waals surface area contributed by atoms with Gasteiger partial charge in [-0.2, -0.15) is 0 Å². The summed E-state index contributed by atoms with van der Waals surface area (Å²) < 4.78 is 0. The Balaban J connectivity index is 1.27. The lowest BCUT2D eigenvalue weighted by Crippen LogP contribution is -2.58. The van der Waals surface area contributed by atoms with Crippen LogP contribution in [-0.2, 0) is 6.42 Å². The minimum atomic E-state index is -0.826. The molecule has 200 valence electrons. The van der Waals surface area contributed by atoms with E-state index >= 15 is 0 Å². The minimum Gasteiger partial charge on any atom is -0.478 e. The monoisotopic (exact) mass is 496 g/mol. The standard InChI is InChI=1S/C32H48O4/c1-4-22-26-18-21(33)12-13-24(26)25-16-17-32(3)27(14-15-28(32)29(25)30(22)34)19(2)8-7-10-20-9-5-6-11-23(20)31(35)36/h5-6,9,11,19,21-22,24-30,33-34H,4,7-8,10,12-18H2,1-3H3,(H,35,36)/t19-,21-,22-,24-,25?,26+,27-,28?,29?,30-,32-/m1/s1. The molecule has 4 heteroatoms. The summed E-state index contributed by atoms with van der Waals surface area (Å²) in [5.41, 5.74) is 1.71. The molecule has 4 aliphatic rings. The van der Waals surface area contributed by atoms with Gasteiger partial charge in [0, 0.05) is 0 Å². The number of carboxylic acid groups (broad SMARTS) is 1. The van der Waals surface area contributed by atoms with Crippen molar-refractivity contribution >= 4 is 5.97 Å². The molecule has 4 aliphatic carbocycles. The van der Waals surface area contributed by atoms with Crippen LogP contribution in [0.25, 0.3) is 0 Å². The summed E-state index contributed by atoms with van der Waals surface area (Å²) in [5.74, 6) is 3.72. The van der Waals surface area contributed by atoms with Gasteiger partial charge in [-0.05, 0) is 122 Å². The number of carboxylic acids is 1. The molecule has 1 aromatic carbocycles. The second kappa shape index (κ2) is 10.4. The van der Waals surface area contributed by atoms with E-state index in [4.69, 9.17) is 0 Å². The maximum absolute atomic E-state index is 11.8. The molecule has 1 aromatic rings. The molecule has 0 bridgehead atoms. The van der Waals surface area contributed by atoms with E-state index in [-0.39, 0.29) is 12.2 Å². The Morgan fingerprint density at radius 2 is 1.83 bits per heavy atom. The van der Waals surface area contributed by atoms with E-state index in [2.05, 4.69) is 20.8 Å². The van der Waals surface area contributed by atoms with Crippen LogP contribution in [0.4, 0.5) is 0 Å². The number of hydrogen-bond acceptors (Lipinski definition) is 3. The summed E-state index contributed by atoms with van der Waals surface area (Å²) >= 11 is 0. The van der Waals surface area contributed by atoms with Gasteiger partial charge in [0.1, 0.15) is 0 Å². The summed E-state index contributed by atoms with van der Waals surface area (Å²) in [6, 6.07) is 7.45. The van der Waals surface area contributed by atoms with Gasteiger partial charge < -0.3 is 15.3 Å². The number of aromatic carboxylic acids is 1. The van der Waals surface area contributed by atoms with Gasteiger partial charge in [0.25, 0.3) is 0 Å². The molecular weight excluding hydrogens is 448 g/mol. The SMILES string of the molecule is CC[C@@H]1[C@@H]2C[C@H](O)CC[C@@H]2C2CC[C@@]3(C)C(CC[C@@H]3[C@H](C)CCCc3ccccc3C(=O)O)C2[C@@H]1O. The molecule has 0 heterocycles. The van der Waals surface area contributed by atoms with Crippen molar-refractivity contribution in [3.8, 4) is 0 Å². The Labute approximate surface area is 217 Å². The third-order valence-corrected chi connectivity index (χ3v) is 11.8. The molecule has 0 saturated heterocycles. The zero-order valence-electron chi connectivity index (χ0n) is 22.6. The first-order valence-electron chi connectivity index (χ1n) is 14.9. The van der Waals surface area contributed by atoms with E-state index in [9.17, 15) is 20.1 Å². The second-order valence-electron chi connectivity index (χ2n) is 13.3. The fourth-order valence-corrected chi connectivity index (χ4v) is 10.3. The molecule has 0 aliphatic heterocycles. The van der Waals surface area contributed by atoms with Gasteiger partial charge in [-0.1, -0.05) is 51.8 Å². The lowest BCUT2D eigenvalue weighted by atomic mass is 9.46. The van der Waals surface area contributed by atoms with Gasteiger partial charge in [-0.15, -0.1) is 0 Å². The van der Waals surface area contributed by atoms with Crippen molar-refractivity contribution in [1.29, 1.82) is 0 Å². The zero-order valence-corrected chi connectivity index (χ0v) is 22.6. The molecule has 0 aromatic heterocycles. The average molecular weight is 497 g/mol. The van der Waals surface area contributed by atoms with Crippen molar-refractivity contribution in [2.45, 2.75) is 104 Å². The molecule has 11 atom stereocenters. The molecule has 5 rings (SSSR count). The van der Waals surface area contributed by atoms with Gasteiger partial charge in [0.15, 0.2) is 0 Å². The largest absolute Gasteiger partial charge is 0.478 e. The number of fused-ring (bicyclic) bond motifs is 5. The van der Waals surface area contributed by atoms with Gasteiger partial charge in [-0.25, -0.2) is 4.79 Å². The van der Waals surface area contributed by atoms with Crippen LogP contribution < -0.4 is 0 Å². The van der Waals surface area contributed by atoms with Crippen LogP contribution >= 0.6 is 0 Å². The first-order chi connectivity index (χ1) is 17.3. The van der Waals surface area contributed by atoms with Crippen LogP contribution in [0.5, 0.6) is 0 Å². The molecule has 0 radical (unpaired) electrons. The maximum atomic E-state index is 11.8. The predicted octanol–water partition coefficient (Wildman–Crippen LogP) is 6.58. The maximum Gasteiger partial charge on any atom is 0.335 e. The molecular formula is C32H48O4. The lowest BCUT2D eigenvalue weighted by Gasteiger charge is -2.60. The van der Waals surface area contributed by atoms with E-state index in [1.54, 1.807) is 6.07 Å². The van der Waals surface area contributed by atoms with Crippen molar-refractivity contribution in [1.82, 2.24) is 0 Å². The number of aryl methyl sites for hydroxylation is 1. The molecule has 4 fully saturated rings. The number of hydrogen-bond donors (Lipinski definition) is 3. The second-order valence-corrected chi connectivity index (χ2v) is 13.3. The number of rotatable bonds is 7. The Hall–Kier alpha value is -1.39. The van der Waals surface area contributed by atoms with E-state index in [0.717, 1.165) is 50.5 Å².